The minimum atomic E-state index is -1.02. The van der Waals surface area contributed by atoms with E-state index in [0.29, 0.717) is 16.7 Å². The molecule has 1 heterocycles. The highest BCUT2D eigenvalue weighted by Gasteiger charge is 2.11. The van der Waals surface area contributed by atoms with E-state index in [1.54, 1.807) is 13.0 Å². The van der Waals surface area contributed by atoms with Gasteiger partial charge in [0, 0.05) is 5.39 Å². The van der Waals surface area contributed by atoms with E-state index in [1.165, 1.54) is 0 Å². The molecule has 0 unspecified atom stereocenters. The molecule has 0 radical (unpaired) electrons. The first-order valence-electron chi connectivity index (χ1n) is 4.56. The van der Waals surface area contributed by atoms with Gasteiger partial charge in [-0.3, -0.25) is 0 Å². The first kappa shape index (κ1) is 9.58. The van der Waals surface area contributed by atoms with Crippen molar-refractivity contribution in [1.29, 1.82) is 0 Å². The molecule has 0 saturated heterocycles. The van der Waals surface area contributed by atoms with Gasteiger partial charge in [-0.15, -0.1) is 0 Å². The summed E-state index contributed by atoms with van der Waals surface area (Å²) in [6, 6.07) is 5.50. The molecule has 0 atom stereocenters. The second kappa shape index (κ2) is 3.31. The Balaban J connectivity index is 2.87. The number of carbonyl (C=O) groups is 1. The number of hydrogen-bond acceptors (Lipinski definition) is 3. The average Bonchev–Trinajstić information content (AvgIpc) is 2.17. The monoisotopic (exact) mass is 202 g/mol. The number of carboxylic acid groups (broad SMARTS) is 1. The molecule has 76 valence electrons. The first-order chi connectivity index (χ1) is 7.08. The van der Waals surface area contributed by atoms with Crippen LogP contribution in [0.25, 0.3) is 10.9 Å². The maximum atomic E-state index is 11.0. The molecule has 0 saturated carbocycles. The van der Waals surface area contributed by atoms with Gasteiger partial charge in [0.1, 0.15) is 5.82 Å². The second-order valence-electron chi connectivity index (χ2n) is 3.45. The van der Waals surface area contributed by atoms with Crippen LogP contribution in [0.4, 0.5) is 0 Å². The van der Waals surface area contributed by atoms with Gasteiger partial charge in [0.2, 0.25) is 0 Å². The van der Waals surface area contributed by atoms with Crippen LogP contribution in [-0.4, -0.2) is 21.0 Å². The normalized spacial score (nSPS) is 10.5. The van der Waals surface area contributed by atoms with E-state index >= 15 is 0 Å². The third kappa shape index (κ3) is 1.66. The number of aromatic carboxylic acids is 1. The average molecular weight is 202 g/mol. The molecule has 4 nitrogen and oxygen atoms in total. The lowest BCUT2D eigenvalue weighted by molar-refractivity contribution is 0.0692. The molecule has 2 aromatic rings. The molecule has 0 aliphatic carbocycles. The Morgan fingerprint density at radius 1 is 1.27 bits per heavy atom. The van der Waals surface area contributed by atoms with Gasteiger partial charge in [-0.05, 0) is 26.0 Å². The molecule has 1 aromatic heterocycles. The van der Waals surface area contributed by atoms with Crippen molar-refractivity contribution >= 4 is 16.9 Å². The van der Waals surface area contributed by atoms with Crippen LogP contribution in [0.1, 0.15) is 21.9 Å². The van der Waals surface area contributed by atoms with Gasteiger partial charge in [-0.25, -0.2) is 14.8 Å². The van der Waals surface area contributed by atoms with Crippen LogP contribution in [0.15, 0.2) is 18.2 Å². The van der Waals surface area contributed by atoms with E-state index < -0.39 is 5.97 Å². The Bertz CT molecular complexity index is 550. The highest BCUT2D eigenvalue weighted by atomic mass is 16.4. The van der Waals surface area contributed by atoms with Crippen LogP contribution < -0.4 is 0 Å². The zero-order valence-corrected chi connectivity index (χ0v) is 8.48. The minimum Gasteiger partial charge on any atom is -0.476 e. The number of aryl methyl sites for hydroxylation is 2. The number of nitrogens with zero attached hydrogens (tertiary/aromatic N) is 2. The molecule has 1 aromatic carbocycles. The van der Waals surface area contributed by atoms with Gasteiger partial charge < -0.3 is 5.11 Å². The molecular formula is C11H10N2O2. The fraction of sp³-hybridized carbons (Fsp3) is 0.182. The minimum absolute atomic E-state index is 0.0706. The number of carboxylic acids is 1. The molecule has 0 bridgehead atoms. The Labute approximate surface area is 86.6 Å². The molecule has 0 amide bonds. The van der Waals surface area contributed by atoms with Crippen molar-refractivity contribution in [3.63, 3.8) is 0 Å². The van der Waals surface area contributed by atoms with Gasteiger partial charge in [-0.2, -0.15) is 0 Å². The molecule has 4 heteroatoms. The van der Waals surface area contributed by atoms with Crippen molar-refractivity contribution in [1.82, 2.24) is 9.97 Å². The molecule has 1 N–H and O–H groups in total. The molecule has 0 fully saturated rings. The summed E-state index contributed by atoms with van der Waals surface area (Å²) >= 11 is 0. The summed E-state index contributed by atoms with van der Waals surface area (Å²) in [5.74, 6) is -0.542. The summed E-state index contributed by atoms with van der Waals surface area (Å²) in [5.41, 5.74) is 1.74. The van der Waals surface area contributed by atoms with Gasteiger partial charge in [0.25, 0.3) is 0 Å². The number of aromatic nitrogens is 2. The van der Waals surface area contributed by atoms with Crippen LogP contribution >= 0.6 is 0 Å². The highest BCUT2D eigenvalue weighted by molar-refractivity contribution is 6.00. The molecule has 2 rings (SSSR count). The van der Waals surface area contributed by atoms with Gasteiger partial charge in [0.15, 0.2) is 5.69 Å². The van der Waals surface area contributed by atoms with Crippen LogP contribution in [0.5, 0.6) is 0 Å². The zero-order chi connectivity index (χ0) is 11.0. The van der Waals surface area contributed by atoms with Gasteiger partial charge in [0.05, 0.1) is 5.52 Å². The third-order valence-electron chi connectivity index (χ3n) is 2.17. The summed E-state index contributed by atoms with van der Waals surface area (Å²) in [6.45, 7) is 3.59. The van der Waals surface area contributed by atoms with E-state index in [4.69, 9.17) is 5.11 Å². The number of fused-ring (bicyclic) bond motifs is 1. The van der Waals surface area contributed by atoms with Gasteiger partial charge in [-0.1, -0.05) is 11.6 Å². The number of rotatable bonds is 1. The fourth-order valence-corrected chi connectivity index (χ4v) is 1.52. The van der Waals surface area contributed by atoms with E-state index in [9.17, 15) is 4.79 Å². The van der Waals surface area contributed by atoms with Crippen LogP contribution in [0.3, 0.4) is 0 Å². The molecule has 0 spiro atoms. The summed E-state index contributed by atoms with van der Waals surface area (Å²) in [7, 11) is 0. The standard InChI is InChI=1S/C11H10N2O2/c1-6-3-4-9-8(5-6)10(11(14)15)13-7(2)12-9/h3-5H,1-2H3,(H,14,15). The molecule has 0 aliphatic heterocycles. The second-order valence-corrected chi connectivity index (χ2v) is 3.45. The van der Waals surface area contributed by atoms with Crippen molar-refractivity contribution < 1.29 is 9.90 Å². The quantitative estimate of drug-likeness (QED) is 0.767. The molecular weight excluding hydrogens is 192 g/mol. The van der Waals surface area contributed by atoms with Crippen molar-refractivity contribution in [2.75, 3.05) is 0 Å². The molecule has 0 aliphatic rings. The van der Waals surface area contributed by atoms with E-state index in [0.717, 1.165) is 5.56 Å². The van der Waals surface area contributed by atoms with E-state index in [2.05, 4.69) is 9.97 Å². The lowest BCUT2D eigenvalue weighted by Crippen LogP contribution is -2.04. The fourth-order valence-electron chi connectivity index (χ4n) is 1.52. The predicted octanol–water partition coefficient (Wildman–Crippen LogP) is 1.94. The van der Waals surface area contributed by atoms with Crippen molar-refractivity contribution in [3.05, 3.63) is 35.3 Å². The topological polar surface area (TPSA) is 63.1 Å². The maximum Gasteiger partial charge on any atom is 0.355 e. The highest BCUT2D eigenvalue weighted by Crippen LogP contribution is 2.17. The summed E-state index contributed by atoms with van der Waals surface area (Å²) in [5, 5.41) is 9.60. The van der Waals surface area contributed by atoms with Crippen LogP contribution in [0, 0.1) is 13.8 Å². The Hall–Kier alpha value is -1.97. The first-order valence-corrected chi connectivity index (χ1v) is 4.56. The smallest absolute Gasteiger partial charge is 0.355 e. The Kier molecular flexibility index (Phi) is 2.11. The van der Waals surface area contributed by atoms with Gasteiger partial charge >= 0.3 is 5.97 Å². The SMILES string of the molecule is Cc1ccc2nc(C)nc(C(=O)O)c2c1. The van der Waals surface area contributed by atoms with E-state index in [-0.39, 0.29) is 5.69 Å². The molecule has 15 heavy (non-hydrogen) atoms. The van der Waals surface area contributed by atoms with Crippen LogP contribution in [0.2, 0.25) is 0 Å². The van der Waals surface area contributed by atoms with Crippen molar-refractivity contribution in [3.8, 4) is 0 Å². The third-order valence-corrected chi connectivity index (χ3v) is 2.17. The zero-order valence-electron chi connectivity index (χ0n) is 8.48. The summed E-state index contributed by atoms with van der Waals surface area (Å²) < 4.78 is 0. The lowest BCUT2D eigenvalue weighted by Gasteiger charge is -2.03. The number of hydrogen-bond donors (Lipinski definition) is 1. The number of benzene rings is 1. The Morgan fingerprint density at radius 3 is 2.67 bits per heavy atom. The van der Waals surface area contributed by atoms with Crippen LogP contribution in [-0.2, 0) is 0 Å². The van der Waals surface area contributed by atoms with Crippen molar-refractivity contribution in [2.24, 2.45) is 0 Å². The Morgan fingerprint density at radius 2 is 2.00 bits per heavy atom. The lowest BCUT2D eigenvalue weighted by atomic mass is 10.1. The largest absolute Gasteiger partial charge is 0.476 e. The predicted molar refractivity (Wildman–Crippen MR) is 56.0 cm³/mol. The summed E-state index contributed by atoms with van der Waals surface area (Å²) in [6.07, 6.45) is 0. The van der Waals surface area contributed by atoms with E-state index in [1.807, 2.05) is 19.1 Å². The van der Waals surface area contributed by atoms with Crippen molar-refractivity contribution in [2.45, 2.75) is 13.8 Å². The maximum absolute atomic E-state index is 11.0. The summed E-state index contributed by atoms with van der Waals surface area (Å²) in [4.78, 5) is 19.1.